The van der Waals surface area contributed by atoms with E-state index in [1.165, 1.54) is 11.8 Å². The molecular weight excluding hydrogens is 422 g/mol. The van der Waals surface area contributed by atoms with E-state index in [1.54, 1.807) is 0 Å². The number of thioether (sulfide) groups is 1. The Bertz CT molecular complexity index is 854. The summed E-state index contributed by atoms with van der Waals surface area (Å²) in [6, 6.07) is 6.60. The molecule has 7 nitrogen and oxygen atoms in total. The van der Waals surface area contributed by atoms with E-state index < -0.39 is 17.2 Å². The fourth-order valence-electron chi connectivity index (χ4n) is 3.11. The second kappa shape index (κ2) is 11.4. The molecule has 1 heterocycles. The number of carbonyl (C=O) groups is 2. The molecule has 2 atom stereocenters. The van der Waals surface area contributed by atoms with E-state index in [0.717, 1.165) is 37.2 Å². The van der Waals surface area contributed by atoms with Crippen molar-refractivity contribution in [3.05, 3.63) is 29.3 Å². The molecule has 30 heavy (non-hydrogen) atoms. The van der Waals surface area contributed by atoms with Gasteiger partial charge < -0.3 is 10.3 Å². The van der Waals surface area contributed by atoms with E-state index in [-0.39, 0.29) is 5.92 Å². The summed E-state index contributed by atoms with van der Waals surface area (Å²) in [4.78, 5) is 23.6. The van der Waals surface area contributed by atoms with Crippen LogP contribution in [-0.2, 0) is 11.3 Å². The summed E-state index contributed by atoms with van der Waals surface area (Å²) in [5, 5.41) is 11.7. The van der Waals surface area contributed by atoms with Crippen molar-refractivity contribution in [2.45, 2.75) is 63.9 Å². The van der Waals surface area contributed by atoms with Crippen LogP contribution in [0, 0.1) is 11.8 Å². The molecule has 0 aliphatic carbocycles. The quantitative estimate of drug-likeness (QED) is 0.508. The van der Waals surface area contributed by atoms with Crippen LogP contribution in [0.4, 0.5) is 4.79 Å². The number of urea groups is 1. The molecule has 0 bridgehead atoms. The number of halogens is 1. The zero-order chi connectivity index (χ0) is 22.3. The highest BCUT2D eigenvalue weighted by atomic mass is 35.5. The Kier molecular flexibility index (Phi) is 9.17. The Hall–Kier alpha value is -2.06. The standard InChI is InChI=1S/C21H30ClN5O2S/c1-5-6-7-14(4)12-27-18(15-8-10-16(22)11-9-15)25-26-21(27)30-17(13(2)3)19(28)24-20(23)29/h8-11,13-14,17H,5-7,12H2,1-4H3,(H3,23,24,28,29)/t14-,17+/m1/s1. The van der Waals surface area contributed by atoms with Crippen molar-refractivity contribution in [3.63, 3.8) is 0 Å². The summed E-state index contributed by atoms with van der Waals surface area (Å²) in [7, 11) is 0. The molecule has 2 aromatic rings. The topological polar surface area (TPSA) is 103 Å². The van der Waals surface area contributed by atoms with Crippen molar-refractivity contribution < 1.29 is 9.59 Å². The molecule has 0 saturated heterocycles. The first kappa shape index (κ1) is 24.2. The number of rotatable bonds is 10. The van der Waals surface area contributed by atoms with Gasteiger partial charge in [-0.25, -0.2) is 4.79 Å². The van der Waals surface area contributed by atoms with Crippen molar-refractivity contribution >= 4 is 35.3 Å². The van der Waals surface area contributed by atoms with Gasteiger partial charge in [-0.3, -0.25) is 10.1 Å². The zero-order valence-corrected chi connectivity index (χ0v) is 19.5. The number of benzene rings is 1. The van der Waals surface area contributed by atoms with Crippen LogP contribution < -0.4 is 11.1 Å². The Balaban J connectivity index is 2.38. The minimum Gasteiger partial charge on any atom is -0.351 e. The lowest BCUT2D eigenvalue weighted by molar-refractivity contribution is -0.120. The smallest absolute Gasteiger partial charge is 0.318 e. The normalized spacial score (nSPS) is 13.3. The summed E-state index contributed by atoms with van der Waals surface area (Å²) >= 11 is 7.34. The first-order chi connectivity index (χ1) is 14.2. The van der Waals surface area contributed by atoms with Crippen LogP contribution in [0.15, 0.2) is 29.4 Å². The largest absolute Gasteiger partial charge is 0.351 e. The molecule has 0 saturated carbocycles. The SMILES string of the molecule is CCCC[C@@H](C)Cn1c(S[C@H](C(=O)NC(N)=O)C(C)C)nnc1-c1ccc(Cl)cc1. The first-order valence-electron chi connectivity index (χ1n) is 10.2. The molecule has 3 amide bonds. The van der Waals surface area contributed by atoms with E-state index in [0.29, 0.717) is 16.1 Å². The van der Waals surface area contributed by atoms with E-state index >= 15 is 0 Å². The van der Waals surface area contributed by atoms with Gasteiger partial charge in [-0.1, -0.05) is 63.9 Å². The van der Waals surface area contributed by atoms with Crippen molar-refractivity contribution in [2.24, 2.45) is 17.6 Å². The summed E-state index contributed by atoms with van der Waals surface area (Å²) in [6.45, 7) is 8.95. The van der Waals surface area contributed by atoms with Crippen LogP contribution in [0.5, 0.6) is 0 Å². The number of nitrogens with one attached hydrogen (secondary N) is 1. The van der Waals surface area contributed by atoms with Gasteiger partial charge in [-0.15, -0.1) is 10.2 Å². The van der Waals surface area contributed by atoms with Gasteiger partial charge in [0.25, 0.3) is 0 Å². The van der Waals surface area contributed by atoms with Crippen LogP contribution in [0.25, 0.3) is 11.4 Å². The van der Waals surface area contributed by atoms with Crippen molar-refractivity contribution in [3.8, 4) is 11.4 Å². The van der Waals surface area contributed by atoms with Gasteiger partial charge in [-0.2, -0.15) is 0 Å². The van der Waals surface area contributed by atoms with Gasteiger partial charge in [0.05, 0.1) is 5.25 Å². The number of primary amides is 1. The number of aromatic nitrogens is 3. The maximum absolute atomic E-state index is 12.5. The van der Waals surface area contributed by atoms with E-state index in [1.807, 2.05) is 38.1 Å². The van der Waals surface area contributed by atoms with Crippen LogP contribution in [0.3, 0.4) is 0 Å². The summed E-state index contributed by atoms with van der Waals surface area (Å²) in [5.41, 5.74) is 6.04. The molecule has 0 aliphatic heterocycles. The fourth-order valence-corrected chi connectivity index (χ4v) is 4.27. The highest BCUT2D eigenvalue weighted by Crippen LogP contribution is 2.31. The molecule has 0 unspecified atom stereocenters. The molecular formula is C21H30ClN5O2S. The predicted molar refractivity (Wildman–Crippen MR) is 121 cm³/mol. The number of nitrogens with two attached hydrogens (primary N) is 1. The number of hydrogen-bond acceptors (Lipinski definition) is 5. The third-order valence-corrected chi connectivity index (χ3v) is 6.48. The lowest BCUT2D eigenvalue weighted by Gasteiger charge is -2.20. The molecule has 2 rings (SSSR count). The van der Waals surface area contributed by atoms with Crippen LogP contribution >= 0.6 is 23.4 Å². The van der Waals surface area contributed by atoms with E-state index in [4.69, 9.17) is 17.3 Å². The lowest BCUT2D eigenvalue weighted by atomic mass is 10.0. The van der Waals surface area contributed by atoms with Gasteiger partial charge in [0.15, 0.2) is 11.0 Å². The van der Waals surface area contributed by atoms with Crippen LogP contribution in [-0.4, -0.2) is 32.0 Å². The lowest BCUT2D eigenvalue weighted by Crippen LogP contribution is -2.42. The summed E-state index contributed by atoms with van der Waals surface area (Å²) in [5.74, 6) is 0.693. The second-order valence-electron chi connectivity index (χ2n) is 7.81. The van der Waals surface area contributed by atoms with Gasteiger partial charge in [0.2, 0.25) is 5.91 Å². The van der Waals surface area contributed by atoms with Crippen molar-refractivity contribution in [1.29, 1.82) is 0 Å². The highest BCUT2D eigenvalue weighted by molar-refractivity contribution is 8.00. The maximum Gasteiger partial charge on any atom is 0.318 e. The summed E-state index contributed by atoms with van der Waals surface area (Å²) in [6.07, 6.45) is 3.38. The maximum atomic E-state index is 12.5. The van der Waals surface area contributed by atoms with Crippen LogP contribution in [0.2, 0.25) is 5.02 Å². The number of imide groups is 1. The van der Waals surface area contributed by atoms with Gasteiger partial charge >= 0.3 is 6.03 Å². The number of amides is 3. The number of hydrogen-bond donors (Lipinski definition) is 2. The van der Waals surface area contributed by atoms with Gasteiger partial charge in [-0.05, 0) is 42.5 Å². The summed E-state index contributed by atoms with van der Waals surface area (Å²) < 4.78 is 2.06. The molecule has 1 aromatic carbocycles. The minimum atomic E-state index is -0.859. The third kappa shape index (κ3) is 6.74. The number of carbonyl (C=O) groups excluding carboxylic acids is 2. The second-order valence-corrected chi connectivity index (χ2v) is 9.35. The van der Waals surface area contributed by atoms with E-state index in [9.17, 15) is 9.59 Å². The predicted octanol–water partition coefficient (Wildman–Crippen LogP) is 4.74. The fraction of sp³-hybridized carbons (Fsp3) is 0.524. The molecule has 0 radical (unpaired) electrons. The van der Waals surface area contributed by atoms with Crippen molar-refractivity contribution in [1.82, 2.24) is 20.1 Å². The van der Waals surface area contributed by atoms with Gasteiger partial charge in [0, 0.05) is 17.1 Å². The Morgan fingerprint density at radius 1 is 1.20 bits per heavy atom. The average Bonchev–Trinajstić information content (AvgIpc) is 3.06. The van der Waals surface area contributed by atoms with Crippen LogP contribution in [0.1, 0.15) is 47.0 Å². The van der Waals surface area contributed by atoms with E-state index in [2.05, 4.69) is 33.9 Å². The Morgan fingerprint density at radius 2 is 1.87 bits per heavy atom. The Morgan fingerprint density at radius 3 is 2.43 bits per heavy atom. The van der Waals surface area contributed by atoms with Crippen molar-refractivity contribution in [2.75, 3.05) is 0 Å². The number of nitrogens with zero attached hydrogens (tertiary/aromatic N) is 3. The number of unbranched alkanes of at least 4 members (excludes halogenated alkanes) is 1. The third-order valence-electron chi connectivity index (χ3n) is 4.71. The molecule has 0 spiro atoms. The first-order valence-corrected chi connectivity index (χ1v) is 11.4. The molecule has 164 valence electrons. The Labute approximate surface area is 187 Å². The molecule has 0 aliphatic rings. The molecule has 1 aromatic heterocycles. The zero-order valence-electron chi connectivity index (χ0n) is 17.9. The monoisotopic (exact) mass is 451 g/mol. The molecule has 9 heteroatoms. The highest BCUT2D eigenvalue weighted by Gasteiger charge is 2.28. The minimum absolute atomic E-state index is 0.0315. The molecule has 0 fully saturated rings. The average molecular weight is 452 g/mol. The molecule has 3 N–H and O–H groups in total. The van der Waals surface area contributed by atoms with Gasteiger partial charge in [0.1, 0.15) is 0 Å².